The van der Waals surface area contributed by atoms with Gasteiger partial charge in [-0.15, -0.1) is 0 Å². The van der Waals surface area contributed by atoms with Gasteiger partial charge >= 0.3 is 6.09 Å². The van der Waals surface area contributed by atoms with Crippen LogP contribution in [0.15, 0.2) is 17.2 Å². The number of azide groups is 1. The minimum Gasteiger partial charge on any atom is -0.491 e. The molecular weight excluding hydrogens is 470 g/mol. The summed E-state index contributed by atoms with van der Waals surface area (Å²) in [6.45, 7) is 10.2. The fourth-order valence-electron chi connectivity index (χ4n) is 4.80. The van der Waals surface area contributed by atoms with Crippen molar-refractivity contribution >= 4 is 34.7 Å². The maximum Gasteiger partial charge on any atom is 0.410 e. The van der Waals surface area contributed by atoms with Crippen LogP contribution in [-0.2, 0) is 4.74 Å². The third-order valence-electron chi connectivity index (χ3n) is 6.40. The Bertz CT molecular complexity index is 1100. The summed E-state index contributed by atoms with van der Waals surface area (Å²) in [5, 5.41) is 4.29. The van der Waals surface area contributed by atoms with E-state index in [2.05, 4.69) is 19.9 Å². The number of imidazole rings is 1. The average molecular weight is 504 g/mol. The summed E-state index contributed by atoms with van der Waals surface area (Å²) in [5.41, 5.74) is 9.89. The number of amides is 1. The molecule has 2 saturated heterocycles. The number of likely N-dealkylation sites (tertiary alicyclic amines) is 2. The van der Waals surface area contributed by atoms with Gasteiger partial charge in [0.05, 0.1) is 17.1 Å². The van der Waals surface area contributed by atoms with Crippen LogP contribution in [0.5, 0.6) is 5.75 Å². The van der Waals surface area contributed by atoms with Crippen molar-refractivity contribution in [3.8, 4) is 5.75 Å². The summed E-state index contributed by atoms with van der Waals surface area (Å²) < 4.78 is 13.5. The van der Waals surface area contributed by atoms with Crippen LogP contribution in [0.4, 0.5) is 10.7 Å². The summed E-state index contributed by atoms with van der Waals surface area (Å²) in [7, 11) is 0. The predicted octanol–water partition coefficient (Wildman–Crippen LogP) is 6.07. The highest BCUT2D eigenvalue weighted by molar-refractivity contribution is 6.36. The first-order valence-corrected chi connectivity index (χ1v) is 12.7. The van der Waals surface area contributed by atoms with Gasteiger partial charge in [-0.25, -0.2) is 9.78 Å². The lowest BCUT2D eigenvalue weighted by Crippen LogP contribution is -2.39. The molecule has 2 fully saturated rings. The van der Waals surface area contributed by atoms with Crippen LogP contribution in [0.2, 0.25) is 5.02 Å². The van der Waals surface area contributed by atoms with Crippen LogP contribution in [0.1, 0.15) is 58.9 Å². The molecule has 0 saturated carbocycles. The standard InChI is InChI=1S/C24H34ClN7O3/c1-24(2,3)35-23(33)31-13-5-4-8-17(16-31)32-21-18(27-22(32)28-29-26)9-10-19(20(21)25)34-15-14-30-11-6-7-12-30/h9-10,17H,4-8,11-16H2,1-3H3/t17-/m1/s1. The number of halogens is 1. The molecule has 1 aromatic heterocycles. The van der Waals surface area contributed by atoms with Crippen LogP contribution in [-0.4, -0.2) is 70.4 Å². The number of aromatic nitrogens is 2. The van der Waals surface area contributed by atoms with E-state index in [4.69, 9.17) is 21.1 Å². The van der Waals surface area contributed by atoms with Crippen LogP contribution < -0.4 is 4.74 Å². The number of fused-ring (bicyclic) bond motifs is 1. The molecule has 0 radical (unpaired) electrons. The molecule has 0 N–H and O–H groups in total. The molecule has 2 aromatic rings. The number of benzene rings is 1. The Hall–Kier alpha value is -2.68. The van der Waals surface area contributed by atoms with Gasteiger partial charge in [0.25, 0.3) is 0 Å². The molecule has 2 aliphatic heterocycles. The summed E-state index contributed by atoms with van der Waals surface area (Å²) in [4.78, 5) is 24.5. The zero-order valence-electron chi connectivity index (χ0n) is 20.7. The van der Waals surface area contributed by atoms with Crippen molar-refractivity contribution in [3.63, 3.8) is 0 Å². The molecule has 1 atom stereocenters. The first-order valence-electron chi connectivity index (χ1n) is 12.4. The SMILES string of the molecule is CC(C)(C)OC(=O)N1CCCC[C@@H](n2c(N=[N+]=[N-])nc3ccc(OCCN4CCCC4)c(Cl)c32)C1. The molecule has 35 heavy (non-hydrogen) atoms. The number of hydrogen-bond acceptors (Lipinski definition) is 6. The van der Waals surface area contributed by atoms with Gasteiger partial charge in [0.15, 0.2) is 5.95 Å². The fourth-order valence-corrected chi connectivity index (χ4v) is 5.10. The zero-order valence-corrected chi connectivity index (χ0v) is 21.5. The largest absolute Gasteiger partial charge is 0.491 e. The second kappa shape index (κ2) is 10.9. The number of carbonyl (C=O) groups excluding carboxylic acids is 1. The average Bonchev–Trinajstić information content (AvgIpc) is 3.36. The Morgan fingerprint density at radius 1 is 1.23 bits per heavy atom. The van der Waals surface area contributed by atoms with Gasteiger partial charge in [-0.1, -0.05) is 11.6 Å². The van der Waals surface area contributed by atoms with Crippen LogP contribution >= 0.6 is 11.6 Å². The Morgan fingerprint density at radius 3 is 2.69 bits per heavy atom. The van der Waals surface area contributed by atoms with Crippen molar-refractivity contribution in [1.82, 2.24) is 19.4 Å². The van der Waals surface area contributed by atoms with E-state index in [1.165, 1.54) is 12.8 Å². The summed E-state index contributed by atoms with van der Waals surface area (Å²) in [5.74, 6) is 0.805. The highest BCUT2D eigenvalue weighted by Gasteiger charge is 2.30. The van der Waals surface area contributed by atoms with E-state index in [1.807, 2.05) is 37.5 Å². The number of carbonyl (C=O) groups is 1. The lowest BCUT2D eigenvalue weighted by molar-refractivity contribution is 0.0238. The summed E-state index contributed by atoms with van der Waals surface area (Å²) in [6.07, 6.45) is 4.66. The summed E-state index contributed by atoms with van der Waals surface area (Å²) in [6, 6.07) is 3.47. The van der Waals surface area contributed by atoms with E-state index in [0.29, 0.717) is 41.5 Å². The van der Waals surface area contributed by atoms with Crippen molar-refractivity contribution in [1.29, 1.82) is 0 Å². The van der Waals surface area contributed by atoms with Gasteiger partial charge in [-0.2, -0.15) is 0 Å². The molecule has 190 valence electrons. The lowest BCUT2D eigenvalue weighted by atomic mass is 10.1. The maximum absolute atomic E-state index is 12.9. The first-order chi connectivity index (χ1) is 16.8. The third-order valence-corrected chi connectivity index (χ3v) is 6.76. The number of nitrogens with zero attached hydrogens (tertiary/aromatic N) is 7. The Morgan fingerprint density at radius 2 is 1.97 bits per heavy atom. The predicted molar refractivity (Wildman–Crippen MR) is 135 cm³/mol. The first kappa shape index (κ1) is 25.4. The zero-order chi connectivity index (χ0) is 25.0. The normalized spacial score (nSPS) is 19.4. The molecule has 0 spiro atoms. The van der Waals surface area contributed by atoms with Gasteiger partial charge in [0, 0.05) is 24.5 Å². The Balaban J connectivity index is 1.64. The number of ether oxygens (including phenoxy) is 2. The molecule has 4 rings (SSSR count). The quantitative estimate of drug-likeness (QED) is 0.270. The van der Waals surface area contributed by atoms with Crippen LogP contribution in [0.3, 0.4) is 0 Å². The van der Waals surface area contributed by atoms with Gasteiger partial charge in [-0.3, -0.25) is 4.90 Å². The highest BCUT2D eigenvalue weighted by Crippen LogP contribution is 2.39. The van der Waals surface area contributed by atoms with Crippen molar-refractivity contribution < 1.29 is 14.3 Å². The van der Waals surface area contributed by atoms with E-state index >= 15 is 0 Å². The second-order valence-corrected chi connectivity index (χ2v) is 10.6. The van der Waals surface area contributed by atoms with Gasteiger partial charge in [0.2, 0.25) is 0 Å². The molecule has 10 nitrogen and oxygen atoms in total. The van der Waals surface area contributed by atoms with Crippen LogP contribution in [0, 0.1) is 0 Å². The van der Waals surface area contributed by atoms with Crippen molar-refractivity contribution in [2.24, 2.45) is 5.11 Å². The summed E-state index contributed by atoms with van der Waals surface area (Å²) >= 11 is 6.86. The van der Waals surface area contributed by atoms with E-state index in [0.717, 1.165) is 38.9 Å². The maximum atomic E-state index is 12.9. The second-order valence-electron chi connectivity index (χ2n) is 10.2. The van der Waals surface area contributed by atoms with Crippen molar-refractivity contribution in [3.05, 3.63) is 27.6 Å². The van der Waals surface area contributed by atoms with Gasteiger partial charge in [-0.05, 0) is 88.7 Å². The molecule has 0 aliphatic carbocycles. The van der Waals surface area contributed by atoms with Crippen LogP contribution in [0.25, 0.3) is 21.5 Å². The van der Waals surface area contributed by atoms with Gasteiger partial charge in [0.1, 0.15) is 23.0 Å². The van der Waals surface area contributed by atoms with E-state index in [9.17, 15) is 10.3 Å². The van der Waals surface area contributed by atoms with E-state index in [-0.39, 0.29) is 18.1 Å². The van der Waals surface area contributed by atoms with E-state index in [1.54, 1.807) is 4.90 Å². The fraction of sp³-hybridized carbons (Fsp3) is 0.667. The molecule has 1 aromatic carbocycles. The lowest BCUT2D eigenvalue weighted by Gasteiger charge is -2.29. The Labute approximate surface area is 210 Å². The molecule has 11 heteroatoms. The van der Waals surface area contributed by atoms with Gasteiger partial charge < -0.3 is 18.9 Å². The Kier molecular flexibility index (Phi) is 7.94. The number of hydrogen-bond donors (Lipinski definition) is 0. The van der Waals surface area contributed by atoms with E-state index < -0.39 is 5.60 Å². The number of rotatable bonds is 6. The topological polar surface area (TPSA) is 109 Å². The molecule has 2 aliphatic rings. The molecular formula is C24H34ClN7O3. The molecule has 0 unspecified atom stereocenters. The smallest absolute Gasteiger partial charge is 0.410 e. The minimum absolute atomic E-state index is 0.173. The van der Waals surface area contributed by atoms with Crippen molar-refractivity contribution in [2.45, 2.75) is 64.5 Å². The molecule has 1 amide bonds. The van der Waals surface area contributed by atoms with Crippen molar-refractivity contribution in [2.75, 3.05) is 39.3 Å². The molecule has 3 heterocycles. The molecule has 0 bridgehead atoms. The third kappa shape index (κ3) is 6.12. The highest BCUT2D eigenvalue weighted by atomic mass is 35.5. The minimum atomic E-state index is -0.582. The monoisotopic (exact) mass is 503 g/mol.